The Morgan fingerprint density at radius 3 is 1.50 bits per heavy atom. The fourth-order valence-corrected chi connectivity index (χ4v) is 0.0136. The fourth-order valence-electron chi connectivity index (χ4n) is 0.0136. The van der Waals surface area contributed by atoms with E-state index < -0.39 is 0 Å². The normalized spacial score (nSPS) is 4.67. The Kier molecular flexibility index (Phi) is 14.3. The molecule has 0 aliphatic carbocycles. The van der Waals surface area contributed by atoms with E-state index in [2.05, 4.69) is 4.94 Å². The van der Waals surface area contributed by atoms with Crippen LogP contribution in [0.3, 0.4) is 0 Å². The van der Waals surface area contributed by atoms with E-state index >= 15 is 0 Å². The molecule has 0 saturated carbocycles. The van der Waals surface area contributed by atoms with Crippen LogP contribution in [-0.4, -0.2) is 37.7 Å². The van der Waals surface area contributed by atoms with Crippen LogP contribution in [0.25, 0.3) is 0 Å². The van der Waals surface area contributed by atoms with E-state index in [-0.39, 0.29) is 37.7 Å². The minimum absolute atomic E-state index is 0. The molecule has 0 rings (SSSR count). The molecule has 0 saturated heterocycles. The first-order chi connectivity index (χ1) is 2.41. The second-order valence-corrected chi connectivity index (χ2v) is 0.231. The van der Waals surface area contributed by atoms with Crippen LogP contribution in [0.5, 0.6) is 0 Å². The third-order valence-corrected chi connectivity index (χ3v) is 0.0667. The van der Waals surface area contributed by atoms with Gasteiger partial charge < -0.3 is 0 Å². The van der Waals surface area contributed by atoms with E-state index in [1.807, 2.05) is 0 Å². The summed E-state index contributed by atoms with van der Waals surface area (Å²) in [5, 5.41) is 3.25. The molecule has 0 N–H and O–H groups in total. The summed E-state index contributed by atoms with van der Waals surface area (Å²) in [7, 11) is 0. The van der Waals surface area contributed by atoms with E-state index in [9.17, 15) is 0 Å². The molecule has 0 bridgehead atoms. The summed E-state index contributed by atoms with van der Waals surface area (Å²) in [4.78, 5) is 20.2. The Morgan fingerprint density at radius 2 is 1.50 bits per heavy atom. The second-order valence-electron chi connectivity index (χ2n) is 0.231. The van der Waals surface area contributed by atoms with Crippen molar-refractivity contribution in [2.45, 2.75) is 0 Å². The first-order valence-electron chi connectivity index (χ1n) is 0.730. The van der Waals surface area contributed by atoms with Crippen molar-refractivity contribution in [1.82, 2.24) is 0 Å². The van der Waals surface area contributed by atoms with Crippen LogP contribution in [0.1, 0.15) is 0 Å². The summed E-state index contributed by atoms with van der Waals surface area (Å²) in [5.41, 5.74) is 0. The minimum atomic E-state index is 0. The first-order valence-corrected chi connectivity index (χ1v) is 0.730. The SMILES string of the molecule is O=NON=O.[CaH2]. The Labute approximate surface area is 62.9 Å². The molecule has 0 unspecified atom stereocenters. The summed E-state index contributed by atoms with van der Waals surface area (Å²) in [6, 6.07) is 0. The fraction of sp³-hybridized carbons (Fsp3) is 0. The molecule has 0 aromatic heterocycles. The second kappa shape index (κ2) is 8.98. The van der Waals surface area contributed by atoms with Crippen molar-refractivity contribution in [2.75, 3.05) is 0 Å². The summed E-state index contributed by atoms with van der Waals surface area (Å²) in [6.07, 6.45) is 0. The molecule has 0 spiro atoms. The van der Waals surface area contributed by atoms with Gasteiger partial charge in [0.1, 0.15) is 0 Å². The van der Waals surface area contributed by atoms with Gasteiger partial charge in [-0.25, -0.2) is 0 Å². The first kappa shape index (κ1) is 9.54. The third-order valence-electron chi connectivity index (χ3n) is 0.0667. The molecule has 0 aliphatic heterocycles. The van der Waals surface area contributed by atoms with Crippen LogP contribution in [0.4, 0.5) is 0 Å². The zero-order valence-electron chi connectivity index (χ0n) is 2.12. The number of hydrogen-bond donors (Lipinski definition) is 0. The zero-order valence-corrected chi connectivity index (χ0v) is 2.12. The van der Waals surface area contributed by atoms with Crippen LogP contribution >= 0.6 is 0 Å². The van der Waals surface area contributed by atoms with Gasteiger partial charge >= 0.3 is 37.7 Å². The summed E-state index contributed by atoms with van der Waals surface area (Å²) in [5.74, 6) is 0. The van der Waals surface area contributed by atoms with Crippen molar-refractivity contribution in [3.8, 4) is 0 Å². The van der Waals surface area contributed by atoms with Gasteiger partial charge in [0.25, 0.3) is 0 Å². The van der Waals surface area contributed by atoms with Gasteiger partial charge in [-0.3, -0.25) is 0 Å². The third kappa shape index (κ3) is 8.86. The van der Waals surface area contributed by atoms with Gasteiger partial charge in [-0.05, 0) is 0 Å². The zero-order chi connectivity index (χ0) is 4.12. The van der Waals surface area contributed by atoms with Crippen molar-refractivity contribution in [1.29, 1.82) is 0 Å². The van der Waals surface area contributed by atoms with Gasteiger partial charge in [0.05, 0.1) is 0 Å². The Hall–Kier alpha value is 0.260. The van der Waals surface area contributed by atoms with E-state index in [4.69, 9.17) is 9.81 Å². The predicted octanol–water partition coefficient (Wildman–Crippen LogP) is -0.550. The van der Waals surface area contributed by atoms with Crippen LogP contribution < -0.4 is 0 Å². The van der Waals surface area contributed by atoms with Crippen molar-refractivity contribution in [2.24, 2.45) is 10.7 Å². The predicted molar refractivity (Wildman–Crippen MR) is 21.2 cm³/mol. The van der Waals surface area contributed by atoms with E-state index in [0.29, 0.717) is 0 Å². The monoisotopic (exact) mass is 118 g/mol. The molecule has 32 valence electrons. The Bertz CT molecular complexity index is 38.1. The number of nitrogens with zero attached hydrogens (tertiary/aromatic N) is 2. The standard InChI is InChI=1S/Ca.N2O3.2H/c;3-1-5-2-4;;. The quantitative estimate of drug-likeness (QED) is 0.277. The Balaban J connectivity index is 0. The molecular formula is H2CaN2O3. The number of rotatable bonds is 2. The summed E-state index contributed by atoms with van der Waals surface area (Å²) in [6.45, 7) is 0. The van der Waals surface area contributed by atoms with Gasteiger partial charge in [0.2, 0.25) is 0 Å². The molecule has 0 atom stereocenters. The molecule has 0 fully saturated rings. The van der Waals surface area contributed by atoms with Gasteiger partial charge in [-0.1, -0.05) is 0 Å². The average molecular weight is 118 g/mol. The van der Waals surface area contributed by atoms with Crippen LogP contribution in [0.2, 0.25) is 0 Å². The van der Waals surface area contributed by atoms with Crippen LogP contribution in [0, 0.1) is 9.81 Å². The molecule has 6 heavy (non-hydrogen) atoms. The van der Waals surface area contributed by atoms with Crippen molar-refractivity contribution in [3.63, 3.8) is 0 Å². The molecular weight excluding hydrogens is 116 g/mol. The van der Waals surface area contributed by atoms with Gasteiger partial charge in [0.15, 0.2) is 10.7 Å². The van der Waals surface area contributed by atoms with E-state index in [1.54, 1.807) is 10.7 Å². The van der Waals surface area contributed by atoms with Gasteiger partial charge in [-0.15, -0.1) is 9.81 Å². The summed E-state index contributed by atoms with van der Waals surface area (Å²) >= 11 is 0. The summed E-state index contributed by atoms with van der Waals surface area (Å²) < 4.78 is 0. The number of hydrogen-bond acceptors (Lipinski definition) is 5. The van der Waals surface area contributed by atoms with E-state index in [1.165, 1.54) is 0 Å². The van der Waals surface area contributed by atoms with E-state index in [0.717, 1.165) is 0 Å². The molecule has 0 aliphatic rings. The molecule has 5 nitrogen and oxygen atoms in total. The van der Waals surface area contributed by atoms with Gasteiger partial charge in [0, 0.05) is 0 Å². The van der Waals surface area contributed by atoms with Crippen LogP contribution in [-0.2, 0) is 4.94 Å². The average Bonchev–Trinajstić information content (AvgIpc) is 1.41. The van der Waals surface area contributed by atoms with Crippen LogP contribution in [0.15, 0.2) is 10.7 Å². The molecule has 0 aromatic carbocycles. The molecule has 6 heteroatoms. The molecule has 0 aromatic rings. The van der Waals surface area contributed by atoms with Gasteiger partial charge in [-0.2, -0.15) is 4.94 Å². The van der Waals surface area contributed by atoms with Crippen molar-refractivity contribution < 1.29 is 4.94 Å². The maximum atomic E-state index is 8.64. The van der Waals surface area contributed by atoms with Crippen molar-refractivity contribution >= 4 is 37.7 Å². The topological polar surface area (TPSA) is 68.1 Å². The molecule has 0 amide bonds. The maximum absolute atomic E-state index is 8.64. The van der Waals surface area contributed by atoms with Crippen molar-refractivity contribution in [3.05, 3.63) is 9.81 Å². The Morgan fingerprint density at radius 1 is 1.17 bits per heavy atom. The molecule has 0 heterocycles. The molecule has 0 radical (unpaired) electrons.